The van der Waals surface area contributed by atoms with Crippen molar-refractivity contribution in [2.45, 2.75) is 45.7 Å². The molecule has 1 aliphatic heterocycles. The van der Waals surface area contributed by atoms with Gasteiger partial charge in [0.05, 0.1) is 13.2 Å². The van der Waals surface area contributed by atoms with E-state index in [2.05, 4.69) is 29.8 Å². The summed E-state index contributed by atoms with van der Waals surface area (Å²) in [5.74, 6) is 1.10. The second-order valence-corrected chi connectivity index (χ2v) is 9.52. The number of nitrogens with one attached hydrogen (secondary N) is 1. The van der Waals surface area contributed by atoms with Crippen molar-refractivity contribution in [1.82, 2.24) is 14.4 Å². The highest BCUT2D eigenvalue weighted by atomic mass is 16.5. The van der Waals surface area contributed by atoms with Crippen LogP contribution in [0.2, 0.25) is 0 Å². The second-order valence-electron chi connectivity index (χ2n) is 9.52. The van der Waals surface area contributed by atoms with Crippen LogP contribution in [0.3, 0.4) is 0 Å². The summed E-state index contributed by atoms with van der Waals surface area (Å²) in [7, 11) is 1.64. The summed E-state index contributed by atoms with van der Waals surface area (Å²) in [6.07, 6.45) is 2.81. The standard InChI is InChI=1S/C29H36N4O3/c1-5-15-32(29(35)30-24-13-11-22(12-14-24)21(2)3)20-27(34)33-18-17-31-16-7-10-26(31)28(33)23-8-6-9-25(19-23)36-4/h6-14,16,19,21,28H,5,15,17-18,20H2,1-4H3,(H,30,35). The van der Waals surface area contributed by atoms with Crippen LogP contribution in [0.1, 0.15) is 56.0 Å². The first kappa shape index (κ1) is 25.4. The molecule has 36 heavy (non-hydrogen) atoms. The molecule has 0 spiro atoms. The molecule has 0 aliphatic carbocycles. The van der Waals surface area contributed by atoms with Crippen molar-refractivity contribution in [3.05, 3.63) is 83.7 Å². The Hall–Kier alpha value is -3.74. The number of carbonyl (C=O) groups excluding carboxylic acids is 2. The van der Waals surface area contributed by atoms with Crippen molar-refractivity contribution >= 4 is 17.6 Å². The van der Waals surface area contributed by atoms with Crippen LogP contribution >= 0.6 is 0 Å². The Morgan fingerprint density at radius 3 is 2.56 bits per heavy atom. The van der Waals surface area contributed by atoms with E-state index >= 15 is 0 Å². The Balaban J connectivity index is 1.53. The van der Waals surface area contributed by atoms with Crippen molar-refractivity contribution in [2.75, 3.05) is 32.1 Å². The zero-order valence-electron chi connectivity index (χ0n) is 21.6. The lowest BCUT2D eigenvalue weighted by molar-refractivity contribution is -0.134. The molecule has 0 bridgehead atoms. The minimum atomic E-state index is -0.263. The smallest absolute Gasteiger partial charge is 0.322 e. The van der Waals surface area contributed by atoms with Gasteiger partial charge in [-0.05, 0) is 59.9 Å². The molecule has 4 rings (SSSR count). The SMILES string of the molecule is CCCN(CC(=O)N1CCn2cccc2C1c1cccc(OC)c1)C(=O)Nc1ccc(C(C)C)cc1. The number of hydrogen-bond donors (Lipinski definition) is 1. The van der Waals surface area contributed by atoms with Gasteiger partial charge in [0.15, 0.2) is 0 Å². The maximum atomic E-state index is 13.7. The van der Waals surface area contributed by atoms with Crippen LogP contribution in [0.15, 0.2) is 66.9 Å². The zero-order chi connectivity index (χ0) is 25.7. The third kappa shape index (κ3) is 5.56. The van der Waals surface area contributed by atoms with Crippen LogP contribution < -0.4 is 10.1 Å². The lowest BCUT2D eigenvalue weighted by Crippen LogP contribution is -2.48. The molecule has 1 unspecified atom stereocenters. The van der Waals surface area contributed by atoms with Gasteiger partial charge in [-0.15, -0.1) is 0 Å². The number of methoxy groups -OCH3 is 1. The average molecular weight is 489 g/mol. The number of hydrogen-bond acceptors (Lipinski definition) is 3. The minimum Gasteiger partial charge on any atom is -0.497 e. The van der Waals surface area contributed by atoms with E-state index in [1.807, 2.05) is 72.6 Å². The quantitative estimate of drug-likeness (QED) is 0.456. The number of anilines is 1. The van der Waals surface area contributed by atoms with Crippen molar-refractivity contribution in [3.8, 4) is 5.75 Å². The summed E-state index contributed by atoms with van der Waals surface area (Å²) in [5.41, 5.74) is 3.98. The molecule has 3 amide bonds. The van der Waals surface area contributed by atoms with Crippen LogP contribution in [0.4, 0.5) is 10.5 Å². The maximum Gasteiger partial charge on any atom is 0.322 e. The molecule has 190 valence electrons. The van der Waals surface area contributed by atoms with E-state index in [-0.39, 0.29) is 24.5 Å². The number of amides is 3. The molecule has 7 nitrogen and oxygen atoms in total. The fourth-order valence-corrected chi connectivity index (χ4v) is 4.74. The van der Waals surface area contributed by atoms with Crippen LogP contribution in [-0.2, 0) is 11.3 Å². The lowest BCUT2D eigenvalue weighted by Gasteiger charge is -2.38. The van der Waals surface area contributed by atoms with Gasteiger partial charge in [0.25, 0.3) is 0 Å². The number of carbonyl (C=O) groups is 2. The van der Waals surface area contributed by atoms with Gasteiger partial charge in [-0.25, -0.2) is 4.79 Å². The van der Waals surface area contributed by atoms with E-state index in [1.54, 1.807) is 12.0 Å². The number of nitrogens with zero attached hydrogens (tertiary/aromatic N) is 3. The number of fused-ring (bicyclic) bond motifs is 1. The van der Waals surface area contributed by atoms with Gasteiger partial charge in [-0.3, -0.25) is 4.79 Å². The molecule has 1 atom stereocenters. The molecule has 7 heteroatoms. The van der Waals surface area contributed by atoms with Gasteiger partial charge in [0.1, 0.15) is 12.3 Å². The third-order valence-electron chi connectivity index (χ3n) is 6.70. The van der Waals surface area contributed by atoms with Gasteiger partial charge in [-0.1, -0.05) is 45.0 Å². The first-order valence-electron chi connectivity index (χ1n) is 12.7. The number of rotatable bonds is 8. The number of benzene rings is 2. The predicted octanol–water partition coefficient (Wildman–Crippen LogP) is 5.50. The highest BCUT2D eigenvalue weighted by Crippen LogP contribution is 2.34. The summed E-state index contributed by atoms with van der Waals surface area (Å²) < 4.78 is 7.63. The maximum absolute atomic E-state index is 13.7. The van der Waals surface area contributed by atoms with Crippen LogP contribution in [0.5, 0.6) is 5.75 Å². The van der Waals surface area contributed by atoms with Gasteiger partial charge >= 0.3 is 6.03 Å². The van der Waals surface area contributed by atoms with Gasteiger partial charge in [-0.2, -0.15) is 0 Å². The van der Waals surface area contributed by atoms with Crippen molar-refractivity contribution in [2.24, 2.45) is 0 Å². The summed E-state index contributed by atoms with van der Waals surface area (Å²) in [6, 6.07) is 19.3. The number of urea groups is 1. The Morgan fingerprint density at radius 2 is 1.86 bits per heavy atom. The van der Waals surface area contributed by atoms with E-state index in [0.717, 1.165) is 35.7 Å². The fourth-order valence-electron chi connectivity index (χ4n) is 4.74. The van der Waals surface area contributed by atoms with E-state index in [0.29, 0.717) is 19.0 Å². The first-order chi connectivity index (χ1) is 17.4. The van der Waals surface area contributed by atoms with Crippen molar-refractivity contribution in [1.29, 1.82) is 0 Å². The molecule has 0 fully saturated rings. The van der Waals surface area contributed by atoms with Gasteiger partial charge in [0, 0.05) is 37.2 Å². The summed E-state index contributed by atoms with van der Waals surface area (Å²) in [6.45, 7) is 8.09. The Bertz CT molecular complexity index is 1190. The largest absolute Gasteiger partial charge is 0.497 e. The molecular weight excluding hydrogens is 452 g/mol. The highest BCUT2D eigenvalue weighted by molar-refractivity contribution is 5.92. The van der Waals surface area contributed by atoms with E-state index in [9.17, 15) is 9.59 Å². The first-order valence-corrected chi connectivity index (χ1v) is 12.7. The Kier molecular flexibility index (Phi) is 7.98. The van der Waals surface area contributed by atoms with Gasteiger partial charge in [0.2, 0.25) is 5.91 Å². The normalized spacial score (nSPS) is 14.9. The fraction of sp³-hybridized carbons (Fsp3) is 0.379. The molecular formula is C29H36N4O3. The molecule has 1 aliphatic rings. The Morgan fingerprint density at radius 1 is 1.08 bits per heavy atom. The molecule has 2 heterocycles. The molecule has 0 saturated heterocycles. The summed E-state index contributed by atoms with van der Waals surface area (Å²) >= 11 is 0. The van der Waals surface area contributed by atoms with E-state index in [4.69, 9.17) is 4.74 Å². The molecule has 0 radical (unpaired) electrons. The third-order valence-corrected chi connectivity index (χ3v) is 6.70. The summed E-state index contributed by atoms with van der Waals surface area (Å²) in [4.78, 5) is 30.3. The van der Waals surface area contributed by atoms with Gasteiger partial charge < -0.3 is 24.4 Å². The molecule has 1 aromatic heterocycles. The van der Waals surface area contributed by atoms with Crippen LogP contribution in [0, 0.1) is 0 Å². The molecule has 1 N–H and O–H groups in total. The van der Waals surface area contributed by atoms with Crippen molar-refractivity contribution < 1.29 is 14.3 Å². The zero-order valence-corrected chi connectivity index (χ0v) is 21.6. The molecule has 0 saturated carbocycles. The number of ether oxygens (including phenoxy) is 1. The van der Waals surface area contributed by atoms with E-state index in [1.165, 1.54) is 5.56 Å². The minimum absolute atomic E-state index is 0.0188. The highest BCUT2D eigenvalue weighted by Gasteiger charge is 2.33. The lowest BCUT2D eigenvalue weighted by atomic mass is 9.99. The Labute approximate surface area is 213 Å². The average Bonchev–Trinajstić information content (AvgIpc) is 3.37. The van der Waals surface area contributed by atoms with E-state index < -0.39 is 0 Å². The second kappa shape index (κ2) is 11.3. The topological polar surface area (TPSA) is 66.8 Å². The monoisotopic (exact) mass is 488 g/mol. The molecule has 2 aromatic carbocycles. The van der Waals surface area contributed by atoms with Crippen molar-refractivity contribution in [3.63, 3.8) is 0 Å². The van der Waals surface area contributed by atoms with Crippen LogP contribution in [0.25, 0.3) is 0 Å². The van der Waals surface area contributed by atoms with Crippen LogP contribution in [-0.4, -0.2) is 53.0 Å². The number of aromatic nitrogens is 1. The predicted molar refractivity (Wildman–Crippen MR) is 142 cm³/mol. The molecule has 3 aromatic rings. The summed E-state index contributed by atoms with van der Waals surface area (Å²) in [5, 5.41) is 2.97.